The molecule has 1 aromatic heterocycles. The second kappa shape index (κ2) is 10.5. The Morgan fingerprint density at radius 1 is 1.14 bits per heavy atom. The molecule has 3 aromatic rings. The van der Waals surface area contributed by atoms with Crippen molar-refractivity contribution in [3.63, 3.8) is 0 Å². The van der Waals surface area contributed by atoms with Crippen LogP contribution < -0.4 is 5.32 Å². The van der Waals surface area contributed by atoms with Crippen molar-refractivity contribution in [1.82, 2.24) is 15.2 Å². The summed E-state index contributed by atoms with van der Waals surface area (Å²) in [6.45, 7) is 2.04. The molecule has 1 aliphatic rings. The van der Waals surface area contributed by atoms with Gasteiger partial charge in [-0.3, -0.25) is 9.78 Å². The molecule has 2 heterocycles. The number of carbonyl (C=O) groups is 1. The lowest BCUT2D eigenvalue weighted by Gasteiger charge is -2.36. The predicted molar refractivity (Wildman–Crippen MR) is 118 cm³/mol. The Morgan fingerprint density at radius 3 is 2.79 bits per heavy atom. The molecule has 7 heteroatoms. The molecule has 29 heavy (non-hydrogen) atoms. The standard InChI is InChI=1S/C22H22FN3O.2ClH/c23-18-5-3-4-17(14-18)21-15-24-12-13-26(21)22(27)9-8-16-10-11-25-20-7-2-1-6-19(16)20;;/h1-7,10-11,14,21,24H,8-9,12-13,15H2;2*1H. The number of nitrogens with zero attached hydrogens (tertiary/aromatic N) is 2. The van der Waals surface area contributed by atoms with Gasteiger partial charge in [-0.15, -0.1) is 24.8 Å². The highest BCUT2D eigenvalue weighted by atomic mass is 35.5. The number of pyridine rings is 1. The molecular formula is C22H24Cl2FN3O. The van der Waals surface area contributed by atoms with E-state index in [0.29, 0.717) is 25.9 Å². The molecule has 154 valence electrons. The minimum absolute atomic E-state index is 0. The van der Waals surface area contributed by atoms with Crippen LogP contribution in [0, 0.1) is 5.82 Å². The van der Waals surface area contributed by atoms with E-state index in [1.165, 1.54) is 12.1 Å². The van der Waals surface area contributed by atoms with Gasteiger partial charge in [-0.05, 0) is 41.8 Å². The van der Waals surface area contributed by atoms with Crippen molar-refractivity contribution in [3.8, 4) is 0 Å². The summed E-state index contributed by atoms with van der Waals surface area (Å²) in [6.07, 6.45) is 2.89. The summed E-state index contributed by atoms with van der Waals surface area (Å²) in [5.74, 6) is -0.166. The van der Waals surface area contributed by atoms with E-state index >= 15 is 0 Å². The summed E-state index contributed by atoms with van der Waals surface area (Å²) in [6, 6.07) is 16.4. The molecule has 0 aliphatic carbocycles. The van der Waals surface area contributed by atoms with E-state index < -0.39 is 0 Å². The number of rotatable bonds is 4. The molecule has 1 N–H and O–H groups in total. The van der Waals surface area contributed by atoms with Crippen LogP contribution in [-0.2, 0) is 11.2 Å². The topological polar surface area (TPSA) is 45.2 Å². The van der Waals surface area contributed by atoms with Gasteiger partial charge in [0.2, 0.25) is 5.91 Å². The molecule has 2 aromatic carbocycles. The first-order chi connectivity index (χ1) is 13.2. The van der Waals surface area contributed by atoms with Crippen molar-refractivity contribution in [2.24, 2.45) is 0 Å². The highest BCUT2D eigenvalue weighted by molar-refractivity contribution is 5.85. The normalized spacial score (nSPS) is 16.0. The number of fused-ring (bicyclic) bond motifs is 1. The van der Waals surface area contributed by atoms with Crippen LogP contribution in [0.3, 0.4) is 0 Å². The summed E-state index contributed by atoms with van der Waals surface area (Å²) in [5, 5.41) is 4.40. The number of aromatic nitrogens is 1. The number of hydrogen-bond donors (Lipinski definition) is 1. The SMILES string of the molecule is Cl.Cl.O=C(CCc1ccnc2ccccc12)N1CCNCC1c1cccc(F)c1. The number of hydrogen-bond acceptors (Lipinski definition) is 3. The number of nitrogens with one attached hydrogen (secondary N) is 1. The van der Waals surface area contributed by atoms with Gasteiger partial charge in [0.05, 0.1) is 11.6 Å². The third kappa shape index (κ3) is 5.24. The van der Waals surface area contributed by atoms with Crippen molar-refractivity contribution in [2.45, 2.75) is 18.9 Å². The highest BCUT2D eigenvalue weighted by Gasteiger charge is 2.27. The Bertz CT molecular complexity index is 964. The number of aryl methyl sites for hydroxylation is 1. The zero-order chi connectivity index (χ0) is 18.6. The maximum Gasteiger partial charge on any atom is 0.223 e. The molecule has 1 fully saturated rings. The highest BCUT2D eigenvalue weighted by Crippen LogP contribution is 2.25. The number of halogens is 3. The van der Waals surface area contributed by atoms with E-state index in [0.717, 1.165) is 28.6 Å². The lowest BCUT2D eigenvalue weighted by molar-refractivity contribution is -0.134. The van der Waals surface area contributed by atoms with Gasteiger partial charge in [-0.2, -0.15) is 0 Å². The van der Waals surface area contributed by atoms with Crippen molar-refractivity contribution >= 4 is 41.6 Å². The van der Waals surface area contributed by atoms with E-state index in [2.05, 4.69) is 10.3 Å². The number of piperazine rings is 1. The average Bonchev–Trinajstić information content (AvgIpc) is 2.72. The summed E-state index contributed by atoms with van der Waals surface area (Å²) >= 11 is 0. The van der Waals surface area contributed by atoms with Gasteiger partial charge in [0.15, 0.2) is 0 Å². The van der Waals surface area contributed by atoms with Crippen molar-refractivity contribution in [2.75, 3.05) is 19.6 Å². The van der Waals surface area contributed by atoms with Crippen molar-refractivity contribution < 1.29 is 9.18 Å². The Morgan fingerprint density at radius 2 is 1.97 bits per heavy atom. The fourth-order valence-electron chi connectivity index (χ4n) is 3.77. The molecule has 0 radical (unpaired) electrons. The third-order valence-corrected chi connectivity index (χ3v) is 5.14. The van der Waals surface area contributed by atoms with Gasteiger partial charge in [0.25, 0.3) is 0 Å². The summed E-state index contributed by atoms with van der Waals surface area (Å²) in [7, 11) is 0. The van der Waals surface area contributed by atoms with Gasteiger partial charge in [-0.1, -0.05) is 30.3 Å². The van der Waals surface area contributed by atoms with Crippen LogP contribution in [0.4, 0.5) is 4.39 Å². The third-order valence-electron chi connectivity index (χ3n) is 5.14. The average molecular weight is 436 g/mol. The van der Waals surface area contributed by atoms with Gasteiger partial charge in [-0.25, -0.2) is 4.39 Å². The monoisotopic (exact) mass is 435 g/mol. The minimum Gasteiger partial charge on any atom is -0.333 e. The Balaban J connectivity index is 0.00000150. The minimum atomic E-state index is -0.270. The summed E-state index contributed by atoms with van der Waals surface area (Å²) < 4.78 is 13.6. The van der Waals surface area contributed by atoms with Crippen LogP contribution in [-0.4, -0.2) is 35.4 Å². The largest absolute Gasteiger partial charge is 0.333 e. The fraction of sp³-hybridized carbons (Fsp3) is 0.273. The Kier molecular flexibility index (Phi) is 8.38. The van der Waals surface area contributed by atoms with Crippen LogP contribution in [0.2, 0.25) is 0 Å². The van der Waals surface area contributed by atoms with E-state index in [1.54, 1.807) is 12.3 Å². The first kappa shape index (κ1) is 23.1. The van der Waals surface area contributed by atoms with E-state index in [-0.39, 0.29) is 42.6 Å². The lowest BCUT2D eigenvalue weighted by Crippen LogP contribution is -2.48. The van der Waals surface area contributed by atoms with Gasteiger partial charge < -0.3 is 10.2 Å². The van der Waals surface area contributed by atoms with E-state index in [4.69, 9.17) is 0 Å². The fourth-order valence-corrected chi connectivity index (χ4v) is 3.77. The quantitative estimate of drug-likeness (QED) is 0.663. The first-order valence-electron chi connectivity index (χ1n) is 9.30. The van der Waals surface area contributed by atoms with Crippen LogP contribution in [0.15, 0.2) is 60.8 Å². The molecule has 4 nitrogen and oxygen atoms in total. The molecule has 1 aliphatic heterocycles. The van der Waals surface area contributed by atoms with Crippen LogP contribution in [0.1, 0.15) is 23.6 Å². The second-order valence-electron chi connectivity index (χ2n) is 6.85. The Labute approximate surface area is 182 Å². The molecule has 1 amide bonds. The Hall–Kier alpha value is -2.21. The van der Waals surface area contributed by atoms with Crippen molar-refractivity contribution in [1.29, 1.82) is 0 Å². The van der Waals surface area contributed by atoms with Gasteiger partial charge >= 0.3 is 0 Å². The first-order valence-corrected chi connectivity index (χ1v) is 9.30. The molecule has 0 bridgehead atoms. The number of benzene rings is 2. The second-order valence-corrected chi connectivity index (χ2v) is 6.85. The molecule has 0 saturated carbocycles. The smallest absolute Gasteiger partial charge is 0.223 e. The predicted octanol–water partition coefficient (Wildman–Crippen LogP) is 4.32. The molecule has 1 unspecified atom stereocenters. The zero-order valence-electron chi connectivity index (χ0n) is 15.9. The van der Waals surface area contributed by atoms with Crippen LogP contribution in [0.5, 0.6) is 0 Å². The summed E-state index contributed by atoms with van der Waals surface area (Å²) in [5.41, 5.74) is 2.92. The number of amides is 1. The molecule has 4 rings (SSSR count). The summed E-state index contributed by atoms with van der Waals surface area (Å²) in [4.78, 5) is 19.2. The maximum absolute atomic E-state index is 13.6. The number of carbonyl (C=O) groups excluding carboxylic acids is 1. The van der Waals surface area contributed by atoms with E-state index in [9.17, 15) is 9.18 Å². The van der Waals surface area contributed by atoms with Crippen LogP contribution >= 0.6 is 24.8 Å². The number of para-hydroxylation sites is 1. The molecule has 1 saturated heterocycles. The van der Waals surface area contributed by atoms with Crippen LogP contribution in [0.25, 0.3) is 10.9 Å². The molecular weight excluding hydrogens is 412 g/mol. The van der Waals surface area contributed by atoms with E-state index in [1.807, 2.05) is 41.3 Å². The van der Waals surface area contributed by atoms with Gasteiger partial charge in [0, 0.05) is 37.6 Å². The maximum atomic E-state index is 13.6. The molecule has 1 atom stereocenters. The molecule has 0 spiro atoms. The van der Waals surface area contributed by atoms with Crippen molar-refractivity contribution in [3.05, 3.63) is 77.7 Å². The zero-order valence-corrected chi connectivity index (χ0v) is 17.5. The van der Waals surface area contributed by atoms with Gasteiger partial charge in [0.1, 0.15) is 5.82 Å². The lowest BCUT2D eigenvalue weighted by atomic mass is 10.0.